The maximum absolute atomic E-state index is 12.7. The summed E-state index contributed by atoms with van der Waals surface area (Å²) in [5, 5.41) is 3.68. The number of carbonyl (C=O) groups excluding carboxylic acids is 1. The number of carbonyl (C=O) groups is 1. The number of benzene rings is 1. The van der Waals surface area contributed by atoms with E-state index in [1.165, 1.54) is 12.8 Å². The molecule has 1 heterocycles. The van der Waals surface area contributed by atoms with Crippen LogP contribution in [0.25, 0.3) is 0 Å². The van der Waals surface area contributed by atoms with Gasteiger partial charge in [0.25, 0.3) is 0 Å². The first-order chi connectivity index (χ1) is 11.8. The minimum Gasteiger partial charge on any atom is -0.496 e. The minimum atomic E-state index is 0.174. The van der Waals surface area contributed by atoms with Crippen LogP contribution < -0.4 is 10.1 Å². The third kappa shape index (κ3) is 2.74. The van der Waals surface area contributed by atoms with E-state index >= 15 is 0 Å². The Hall–Kier alpha value is -2.10. The van der Waals surface area contributed by atoms with E-state index in [2.05, 4.69) is 11.4 Å². The van der Waals surface area contributed by atoms with E-state index in [0.717, 1.165) is 41.8 Å². The van der Waals surface area contributed by atoms with Gasteiger partial charge in [-0.05, 0) is 30.9 Å². The van der Waals surface area contributed by atoms with E-state index in [-0.39, 0.29) is 11.7 Å². The van der Waals surface area contributed by atoms with Gasteiger partial charge in [-0.2, -0.15) is 0 Å². The van der Waals surface area contributed by atoms with Crippen LogP contribution in [0.15, 0.2) is 40.5 Å². The van der Waals surface area contributed by atoms with E-state index in [9.17, 15) is 4.79 Å². The molecule has 4 heteroatoms. The van der Waals surface area contributed by atoms with Crippen molar-refractivity contribution >= 4 is 12.0 Å². The van der Waals surface area contributed by atoms with Gasteiger partial charge < -0.3 is 10.1 Å². The van der Waals surface area contributed by atoms with Crippen LogP contribution in [0.3, 0.4) is 0 Å². The first kappa shape index (κ1) is 15.4. The first-order valence-electron chi connectivity index (χ1n) is 8.95. The van der Waals surface area contributed by atoms with Crippen LogP contribution in [0, 0.1) is 0 Å². The van der Waals surface area contributed by atoms with Crippen molar-refractivity contribution in [3.63, 3.8) is 0 Å². The zero-order valence-electron chi connectivity index (χ0n) is 14.1. The summed E-state index contributed by atoms with van der Waals surface area (Å²) < 4.78 is 5.51. The van der Waals surface area contributed by atoms with E-state index in [4.69, 9.17) is 9.73 Å². The van der Waals surface area contributed by atoms with Crippen molar-refractivity contribution in [1.29, 1.82) is 0 Å². The van der Waals surface area contributed by atoms with Gasteiger partial charge in [0.2, 0.25) is 0 Å². The number of rotatable bonds is 2. The third-order valence-corrected chi connectivity index (χ3v) is 5.57. The molecule has 1 aromatic rings. The average molecular weight is 324 g/mol. The number of ether oxygens (including phenoxy) is 1. The standard InChI is InChI=1S/C20H24N2O2/c1-24-20-9-5-2-6-14(20)13-10-18-15(19(23)11-13)12-21-16-7-3-4-8-17(16)22-18/h2,5-6,9,12-13,16-17,22H,3-4,7-8,10-11H2,1H3. The highest BCUT2D eigenvalue weighted by molar-refractivity contribution is 6.15. The highest BCUT2D eigenvalue weighted by Gasteiger charge is 2.34. The molecule has 4 rings (SSSR count). The smallest absolute Gasteiger partial charge is 0.166 e. The highest BCUT2D eigenvalue weighted by Crippen LogP contribution is 2.39. The Morgan fingerprint density at radius 2 is 2.00 bits per heavy atom. The quantitative estimate of drug-likeness (QED) is 0.907. The maximum Gasteiger partial charge on any atom is 0.166 e. The molecule has 1 N–H and O–H groups in total. The summed E-state index contributed by atoms with van der Waals surface area (Å²) in [6, 6.07) is 8.75. The number of nitrogens with zero attached hydrogens (tertiary/aromatic N) is 1. The summed E-state index contributed by atoms with van der Waals surface area (Å²) in [5.74, 6) is 1.24. The number of aliphatic imine (C=N–C) groups is 1. The minimum absolute atomic E-state index is 0.174. The lowest BCUT2D eigenvalue weighted by Gasteiger charge is -2.32. The van der Waals surface area contributed by atoms with Crippen LogP contribution in [-0.4, -0.2) is 31.2 Å². The zero-order valence-corrected chi connectivity index (χ0v) is 14.1. The summed E-state index contributed by atoms with van der Waals surface area (Å²) in [6.45, 7) is 0. The molecule has 126 valence electrons. The molecule has 0 saturated heterocycles. The molecular formula is C20H24N2O2. The Morgan fingerprint density at radius 1 is 1.17 bits per heavy atom. The number of nitrogens with one attached hydrogen (secondary N) is 1. The molecule has 24 heavy (non-hydrogen) atoms. The van der Waals surface area contributed by atoms with Crippen LogP contribution in [0.5, 0.6) is 5.75 Å². The number of allylic oxidation sites excluding steroid dienone is 2. The molecule has 1 saturated carbocycles. The van der Waals surface area contributed by atoms with Gasteiger partial charge in [0, 0.05) is 30.3 Å². The molecule has 0 aromatic heterocycles. The van der Waals surface area contributed by atoms with E-state index in [1.807, 2.05) is 24.4 Å². The molecular weight excluding hydrogens is 300 g/mol. The van der Waals surface area contributed by atoms with Gasteiger partial charge in [0.15, 0.2) is 5.78 Å². The van der Waals surface area contributed by atoms with Gasteiger partial charge in [0.05, 0.1) is 18.7 Å². The van der Waals surface area contributed by atoms with Crippen LogP contribution in [0.4, 0.5) is 0 Å². The fraction of sp³-hybridized carbons (Fsp3) is 0.500. The lowest BCUT2D eigenvalue weighted by Crippen LogP contribution is -2.41. The fourth-order valence-corrected chi connectivity index (χ4v) is 4.29. The van der Waals surface area contributed by atoms with Gasteiger partial charge in [-0.25, -0.2) is 0 Å². The summed E-state index contributed by atoms with van der Waals surface area (Å²) >= 11 is 0. The predicted octanol–water partition coefficient (Wildman–Crippen LogP) is 3.38. The predicted molar refractivity (Wildman–Crippen MR) is 94.7 cm³/mol. The Balaban J connectivity index is 1.63. The second-order valence-corrected chi connectivity index (χ2v) is 7.04. The number of ketones is 1. The molecule has 0 bridgehead atoms. The molecule has 2 aliphatic carbocycles. The van der Waals surface area contributed by atoms with Gasteiger partial charge >= 0.3 is 0 Å². The topological polar surface area (TPSA) is 50.7 Å². The third-order valence-electron chi connectivity index (χ3n) is 5.57. The zero-order chi connectivity index (χ0) is 16.5. The average Bonchev–Trinajstić information content (AvgIpc) is 2.81. The first-order valence-corrected chi connectivity index (χ1v) is 8.95. The SMILES string of the molecule is COc1ccccc1C1CC(=O)C2=C(C1)NC1CCCCC1N=C2. The van der Waals surface area contributed by atoms with Crippen LogP contribution in [0.1, 0.15) is 50.0 Å². The Kier molecular flexibility index (Phi) is 4.13. The normalized spacial score (nSPS) is 29.4. The van der Waals surface area contributed by atoms with E-state index in [0.29, 0.717) is 18.5 Å². The van der Waals surface area contributed by atoms with Crippen molar-refractivity contribution in [2.75, 3.05) is 7.11 Å². The van der Waals surface area contributed by atoms with Crippen molar-refractivity contribution in [3.8, 4) is 5.75 Å². The molecule has 0 amide bonds. The summed E-state index contributed by atoms with van der Waals surface area (Å²) in [4.78, 5) is 17.5. The van der Waals surface area contributed by atoms with Crippen LogP contribution in [-0.2, 0) is 4.79 Å². The van der Waals surface area contributed by atoms with E-state index in [1.54, 1.807) is 7.11 Å². The number of hydrogen-bond acceptors (Lipinski definition) is 4. The molecule has 4 nitrogen and oxygen atoms in total. The number of fused-ring (bicyclic) bond motifs is 1. The van der Waals surface area contributed by atoms with Crippen molar-refractivity contribution in [2.24, 2.45) is 4.99 Å². The molecule has 1 aliphatic heterocycles. The number of Topliss-reactive ketones (excluding diaryl/α,β-unsaturated/α-hetero) is 1. The largest absolute Gasteiger partial charge is 0.496 e. The Labute approximate surface area is 143 Å². The molecule has 3 unspecified atom stereocenters. The molecule has 1 aromatic carbocycles. The maximum atomic E-state index is 12.7. The number of methoxy groups -OCH3 is 1. The molecule has 3 atom stereocenters. The van der Waals surface area contributed by atoms with Crippen LogP contribution in [0.2, 0.25) is 0 Å². The second-order valence-electron chi connectivity index (χ2n) is 7.04. The monoisotopic (exact) mass is 324 g/mol. The highest BCUT2D eigenvalue weighted by atomic mass is 16.5. The van der Waals surface area contributed by atoms with Gasteiger partial charge in [-0.3, -0.25) is 9.79 Å². The summed E-state index contributed by atoms with van der Waals surface area (Å²) in [6.07, 6.45) is 7.99. The van der Waals surface area contributed by atoms with Crippen molar-refractivity contribution in [2.45, 2.75) is 56.5 Å². The lowest BCUT2D eigenvalue weighted by atomic mass is 9.81. The van der Waals surface area contributed by atoms with E-state index < -0.39 is 0 Å². The number of para-hydroxylation sites is 1. The number of hydrogen-bond donors (Lipinski definition) is 1. The van der Waals surface area contributed by atoms with Gasteiger partial charge in [0.1, 0.15) is 5.75 Å². The fourth-order valence-electron chi connectivity index (χ4n) is 4.29. The Morgan fingerprint density at radius 3 is 2.88 bits per heavy atom. The second kappa shape index (κ2) is 6.42. The molecule has 0 spiro atoms. The van der Waals surface area contributed by atoms with Crippen molar-refractivity contribution in [1.82, 2.24) is 5.32 Å². The van der Waals surface area contributed by atoms with Gasteiger partial charge in [-0.15, -0.1) is 0 Å². The van der Waals surface area contributed by atoms with Crippen molar-refractivity contribution < 1.29 is 9.53 Å². The molecule has 0 radical (unpaired) electrons. The van der Waals surface area contributed by atoms with Crippen molar-refractivity contribution in [3.05, 3.63) is 41.1 Å². The lowest BCUT2D eigenvalue weighted by molar-refractivity contribution is -0.115. The van der Waals surface area contributed by atoms with Gasteiger partial charge in [-0.1, -0.05) is 31.0 Å². The Bertz CT molecular complexity index is 707. The van der Waals surface area contributed by atoms with Crippen LogP contribution >= 0.6 is 0 Å². The molecule has 3 aliphatic rings. The summed E-state index contributed by atoms with van der Waals surface area (Å²) in [5.41, 5.74) is 3.01. The summed E-state index contributed by atoms with van der Waals surface area (Å²) in [7, 11) is 1.69. The molecule has 1 fully saturated rings.